The van der Waals surface area contributed by atoms with E-state index in [2.05, 4.69) is 30.7 Å². The highest BCUT2D eigenvalue weighted by atomic mass is 35.5. The summed E-state index contributed by atoms with van der Waals surface area (Å²) in [7, 11) is 2.17. The van der Waals surface area contributed by atoms with Gasteiger partial charge in [0.05, 0.1) is 6.04 Å². The van der Waals surface area contributed by atoms with E-state index in [4.69, 9.17) is 28.2 Å². The molecule has 0 N–H and O–H groups in total. The third kappa shape index (κ3) is 5.70. The van der Waals surface area contributed by atoms with Gasteiger partial charge >= 0.3 is 0 Å². The lowest BCUT2D eigenvalue weighted by molar-refractivity contribution is -0.148. The van der Waals surface area contributed by atoms with Crippen molar-refractivity contribution >= 4 is 40.9 Å². The summed E-state index contributed by atoms with van der Waals surface area (Å²) in [6, 6.07) is 15.4. The van der Waals surface area contributed by atoms with Crippen molar-refractivity contribution in [2.24, 2.45) is 10.9 Å². The van der Waals surface area contributed by atoms with Gasteiger partial charge in [-0.25, -0.2) is 0 Å². The van der Waals surface area contributed by atoms with Crippen molar-refractivity contribution in [1.82, 2.24) is 19.6 Å². The summed E-state index contributed by atoms with van der Waals surface area (Å²) in [5.74, 6) is 0.921. The van der Waals surface area contributed by atoms with Crippen molar-refractivity contribution in [2.45, 2.75) is 83.5 Å². The number of carbonyl (C=O) groups excluding carboxylic acids is 2. The SMILES string of the molecule is CCN(C(=O)/C(C)=C(\C(C)C)N1C(C)=N[C@@H](c2ccc(Cl)cc2)[C@H]1c1ccc(Cl)cc1)C1(C(=O)N2CCN(C)C3(CC3)C2)CC1. The van der Waals surface area contributed by atoms with Crippen LogP contribution in [0.25, 0.3) is 0 Å². The molecule has 240 valence electrons. The molecule has 0 bridgehead atoms. The van der Waals surface area contributed by atoms with Crippen LogP contribution in [-0.4, -0.2) is 81.6 Å². The van der Waals surface area contributed by atoms with E-state index in [0.29, 0.717) is 35.0 Å². The normalized spacial score (nSPS) is 24.1. The lowest BCUT2D eigenvalue weighted by atomic mass is 9.91. The van der Waals surface area contributed by atoms with Gasteiger partial charge in [0, 0.05) is 53.0 Å². The number of piperazine rings is 1. The quantitative estimate of drug-likeness (QED) is 0.286. The minimum Gasteiger partial charge on any atom is -0.338 e. The van der Waals surface area contributed by atoms with E-state index in [0.717, 1.165) is 55.1 Å². The van der Waals surface area contributed by atoms with E-state index >= 15 is 0 Å². The number of hydrogen-bond acceptors (Lipinski definition) is 5. The fourth-order valence-corrected chi connectivity index (χ4v) is 7.94. The maximum Gasteiger partial charge on any atom is 0.252 e. The molecule has 0 aromatic heterocycles. The molecule has 2 atom stereocenters. The first kappa shape index (κ1) is 32.1. The summed E-state index contributed by atoms with van der Waals surface area (Å²) in [5, 5.41) is 1.34. The van der Waals surface area contributed by atoms with Gasteiger partial charge in [-0.3, -0.25) is 19.5 Å². The molecule has 2 saturated carbocycles. The van der Waals surface area contributed by atoms with Gasteiger partial charge in [-0.2, -0.15) is 0 Å². The molecule has 0 unspecified atom stereocenters. The molecule has 2 amide bonds. The second-order valence-corrected chi connectivity index (χ2v) is 14.5. The van der Waals surface area contributed by atoms with Crippen LogP contribution in [0, 0.1) is 5.92 Å². The second kappa shape index (κ2) is 12.1. The van der Waals surface area contributed by atoms with Crippen molar-refractivity contribution in [3.8, 4) is 0 Å². The van der Waals surface area contributed by atoms with Gasteiger partial charge in [0.15, 0.2) is 0 Å². The molecular formula is C36H45Cl2N5O2. The Bertz CT molecular complexity index is 1530. The Morgan fingerprint density at radius 1 is 0.956 bits per heavy atom. The summed E-state index contributed by atoms with van der Waals surface area (Å²) < 4.78 is 0. The summed E-state index contributed by atoms with van der Waals surface area (Å²) in [5.41, 5.74) is 3.08. The molecular weight excluding hydrogens is 605 g/mol. The van der Waals surface area contributed by atoms with Crippen LogP contribution in [0.15, 0.2) is 64.8 Å². The molecule has 2 aliphatic heterocycles. The number of amides is 2. The van der Waals surface area contributed by atoms with E-state index in [1.54, 1.807) is 0 Å². The summed E-state index contributed by atoms with van der Waals surface area (Å²) in [4.78, 5) is 42.5. The zero-order valence-electron chi connectivity index (χ0n) is 27.3. The highest BCUT2D eigenvalue weighted by Gasteiger charge is 2.60. The van der Waals surface area contributed by atoms with Crippen LogP contribution in [0.2, 0.25) is 10.0 Å². The minimum absolute atomic E-state index is 0.0229. The number of nitrogens with zero attached hydrogens (tertiary/aromatic N) is 5. The zero-order chi connectivity index (χ0) is 32.3. The summed E-state index contributed by atoms with van der Waals surface area (Å²) in [6.45, 7) is 13.0. The Morgan fingerprint density at radius 2 is 1.53 bits per heavy atom. The highest BCUT2D eigenvalue weighted by Crippen LogP contribution is 2.49. The number of amidine groups is 1. The predicted octanol–water partition coefficient (Wildman–Crippen LogP) is 7.13. The van der Waals surface area contributed by atoms with Gasteiger partial charge in [-0.15, -0.1) is 0 Å². The Morgan fingerprint density at radius 3 is 2.04 bits per heavy atom. The van der Waals surface area contributed by atoms with Gasteiger partial charge in [0.2, 0.25) is 5.91 Å². The van der Waals surface area contributed by atoms with Crippen LogP contribution in [0.1, 0.15) is 83.5 Å². The summed E-state index contributed by atoms with van der Waals surface area (Å²) in [6.07, 6.45) is 3.70. The predicted molar refractivity (Wildman–Crippen MR) is 181 cm³/mol. The Balaban J connectivity index is 1.36. The van der Waals surface area contributed by atoms with E-state index in [1.807, 2.05) is 79.1 Å². The van der Waals surface area contributed by atoms with Gasteiger partial charge in [0.1, 0.15) is 17.4 Å². The van der Waals surface area contributed by atoms with E-state index in [9.17, 15) is 9.59 Å². The van der Waals surface area contributed by atoms with Crippen LogP contribution >= 0.6 is 23.2 Å². The molecule has 1 spiro atoms. The maximum absolute atomic E-state index is 14.6. The monoisotopic (exact) mass is 649 g/mol. The highest BCUT2D eigenvalue weighted by molar-refractivity contribution is 6.30. The topological polar surface area (TPSA) is 59.5 Å². The van der Waals surface area contributed by atoms with Crippen LogP contribution in [0.3, 0.4) is 0 Å². The summed E-state index contributed by atoms with van der Waals surface area (Å²) >= 11 is 12.6. The molecule has 45 heavy (non-hydrogen) atoms. The molecule has 2 aromatic rings. The number of allylic oxidation sites excluding steroid dienone is 1. The first-order valence-electron chi connectivity index (χ1n) is 16.3. The van der Waals surface area contributed by atoms with Gasteiger partial charge in [-0.05, 0) is 94.8 Å². The smallest absolute Gasteiger partial charge is 0.252 e. The molecule has 2 aromatic carbocycles. The largest absolute Gasteiger partial charge is 0.338 e. The standard InChI is InChI=1S/C36H45Cl2N5O2/c1-7-42(36(18-19-36)34(45)41-21-20-40(6)35(22-41)16-17-35)33(44)24(4)31(23(2)3)43-25(5)39-30(26-8-12-28(37)13-9-26)32(43)27-10-14-29(38)15-11-27/h8-15,23,30,32H,7,16-22H2,1-6H3/b31-24+/t30-,32+/m0/s1. The minimum atomic E-state index is -0.753. The first-order valence-corrected chi connectivity index (χ1v) is 17.1. The number of aliphatic imine (C=N–C) groups is 1. The molecule has 3 fully saturated rings. The number of benzene rings is 2. The fourth-order valence-electron chi connectivity index (χ4n) is 7.69. The third-order valence-corrected chi connectivity index (χ3v) is 11.0. The van der Waals surface area contributed by atoms with Crippen molar-refractivity contribution < 1.29 is 9.59 Å². The average Bonchev–Trinajstić information content (AvgIpc) is 3.95. The maximum atomic E-state index is 14.6. The van der Waals surface area contributed by atoms with E-state index in [1.165, 1.54) is 0 Å². The third-order valence-electron chi connectivity index (χ3n) is 10.5. The van der Waals surface area contributed by atoms with Gasteiger partial charge < -0.3 is 14.7 Å². The van der Waals surface area contributed by atoms with Crippen LogP contribution in [-0.2, 0) is 9.59 Å². The lowest BCUT2D eigenvalue weighted by Crippen LogP contribution is -2.60. The Kier molecular flexibility index (Phi) is 8.59. The molecule has 0 radical (unpaired) electrons. The Labute approximate surface area is 277 Å². The van der Waals surface area contributed by atoms with E-state index < -0.39 is 5.54 Å². The van der Waals surface area contributed by atoms with Crippen LogP contribution in [0.4, 0.5) is 0 Å². The lowest BCUT2D eigenvalue weighted by Gasteiger charge is -2.43. The molecule has 7 nitrogen and oxygen atoms in total. The molecule has 1 saturated heterocycles. The number of likely N-dealkylation sites (N-methyl/N-ethyl adjacent to an activating group) is 2. The van der Waals surface area contributed by atoms with Crippen molar-refractivity contribution in [2.75, 3.05) is 33.2 Å². The number of hydrogen-bond donors (Lipinski definition) is 0. The van der Waals surface area contributed by atoms with Crippen LogP contribution < -0.4 is 0 Å². The second-order valence-electron chi connectivity index (χ2n) is 13.7. The van der Waals surface area contributed by atoms with E-state index in [-0.39, 0.29) is 35.4 Å². The van der Waals surface area contributed by atoms with Crippen molar-refractivity contribution in [3.63, 3.8) is 0 Å². The molecule has 9 heteroatoms. The zero-order valence-corrected chi connectivity index (χ0v) is 28.8. The van der Waals surface area contributed by atoms with Crippen LogP contribution in [0.5, 0.6) is 0 Å². The van der Waals surface area contributed by atoms with Gasteiger partial charge in [-0.1, -0.05) is 61.3 Å². The van der Waals surface area contributed by atoms with Crippen molar-refractivity contribution in [3.05, 3.63) is 81.0 Å². The van der Waals surface area contributed by atoms with Crippen molar-refractivity contribution in [1.29, 1.82) is 0 Å². The molecule has 2 heterocycles. The Hall–Kier alpha value is -2.87. The first-order chi connectivity index (χ1) is 21.4. The average molecular weight is 651 g/mol. The fraction of sp³-hybridized carbons (Fsp3) is 0.528. The molecule has 6 rings (SSSR count). The molecule has 4 aliphatic rings. The molecule has 2 aliphatic carbocycles. The number of halogens is 2. The van der Waals surface area contributed by atoms with Gasteiger partial charge in [0.25, 0.3) is 5.91 Å². The number of rotatable bonds is 8. The number of carbonyl (C=O) groups is 2.